The highest BCUT2D eigenvalue weighted by atomic mass is 19.1. The zero-order valence-electron chi connectivity index (χ0n) is 17.2. The van der Waals surface area contributed by atoms with Gasteiger partial charge in [0.1, 0.15) is 0 Å². The van der Waals surface area contributed by atoms with Gasteiger partial charge in [0.15, 0.2) is 0 Å². The lowest BCUT2D eigenvalue weighted by atomic mass is 9.89. The van der Waals surface area contributed by atoms with Gasteiger partial charge < -0.3 is 10.1 Å². The van der Waals surface area contributed by atoms with Crippen LogP contribution in [0, 0.1) is 5.92 Å². The van der Waals surface area contributed by atoms with Crippen LogP contribution < -0.4 is 10.1 Å². The summed E-state index contributed by atoms with van der Waals surface area (Å²) in [6, 6.07) is 11.7. The Kier molecular flexibility index (Phi) is 9.09. The summed E-state index contributed by atoms with van der Waals surface area (Å²) in [6.07, 6.45) is 12.0. The van der Waals surface area contributed by atoms with E-state index in [1.54, 1.807) is 7.11 Å². The second kappa shape index (κ2) is 11.8. The van der Waals surface area contributed by atoms with E-state index in [4.69, 9.17) is 4.74 Å². The Morgan fingerprint density at radius 1 is 1.21 bits per heavy atom. The number of nitrogens with one attached hydrogen (secondary N) is 1. The Balaban J connectivity index is 0.00000145. The van der Waals surface area contributed by atoms with Crippen molar-refractivity contribution in [2.24, 2.45) is 5.92 Å². The van der Waals surface area contributed by atoms with Crippen molar-refractivity contribution in [2.75, 3.05) is 19.6 Å². The highest BCUT2D eigenvalue weighted by Gasteiger charge is 2.15. The molecule has 1 amide bonds. The van der Waals surface area contributed by atoms with Gasteiger partial charge in [-0.1, -0.05) is 68.3 Å². The van der Waals surface area contributed by atoms with Crippen molar-refractivity contribution in [1.82, 2.24) is 4.98 Å². The molecule has 5 heteroatoms. The van der Waals surface area contributed by atoms with E-state index in [-0.39, 0.29) is 5.91 Å². The van der Waals surface area contributed by atoms with Gasteiger partial charge in [0.25, 0.3) is 0 Å². The largest absolute Gasteiger partial charge is 0.481 e. The molecule has 1 saturated carbocycles. The van der Waals surface area contributed by atoms with E-state index in [2.05, 4.69) is 29.0 Å². The van der Waals surface area contributed by atoms with Crippen molar-refractivity contribution in [3.63, 3.8) is 0 Å². The van der Waals surface area contributed by atoms with Crippen molar-refractivity contribution >= 4 is 17.7 Å². The van der Waals surface area contributed by atoms with Gasteiger partial charge in [-0.05, 0) is 30.9 Å². The van der Waals surface area contributed by atoms with Crippen LogP contribution >= 0.6 is 0 Å². The SMILES string of the molecule is C=CC(=O)Nc1cc(/C=C/C2CCCCC2)c(OC)nc1-c1ccccc1.CF. The number of rotatable bonds is 6. The van der Waals surface area contributed by atoms with Gasteiger partial charge in [0.05, 0.1) is 25.7 Å². The first-order valence-corrected chi connectivity index (χ1v) is 9.85. The maximum atomic E-state index is 11.9. The summed E-state index contributed by atoms with van der Waals surface area (Å²) in [7, 11) is 2.12. The number of amides is 1. The molecule has 0 spiro atoms. The smallest absolute Gasteiger partial charge is 0.247 e. The van der Waals surface area contributed by atoms with E-state index in [1.165, 1.54) is 38.2 Å². The zero-order valence-corrected chi connectivity index (χ0v) is 17.2. The number of methoxy groups -OCH3 is 1. The lowest BCUT2D eigenvalue weighted by Crippen LogP contribution is -2.10. The minimum atomic E-state index is -0.263. The third kappa shape index (κ3) is 6.28. The van der Waals surface area contributed by atoms with Crippen LogP contribution in [0.25, 0.3) is 17.3 Å². The van der Waals surface area contributed by atoms with Gasteiger partial charge in [-0.15, -0.1) is 0 Å². The zero-order chi connectivity index (χ0) is 21.1. The Bertz CT molecular complexity index is 828. The summed E-state index contributed by atoms with van der Waals surface area (Å²) in [5.41, 5.74) is 3.10. The van der Waals surface area contributed by atoms with E-state index in [0.29, 0.717) is 30.4 Å². The highest BCUT2D eigenvalue weighted by molar-refractivity contribution is 6.01. The van der Waals surface area contributed by atoms with E-state index in [0.717, 1.165) is 11.1 Å². The Morgan fingerprint density at radius 2 is 1.90 bits per heavy atom. The Morgan fingerprint density at radius 3 is 2.52 bits per heavy atom. The highest BCUT2D eigenvalue weighted by Crippen LogP contribution is 2.33. The number of anilines is 1. The quantitative estimate of drug-likeness (QED) is 0.604. The molecule has 4 nitrogen and oxygen atoms in total. The van der Waals surface area contributed by atoms with Crippen LogP contribution in [0.2, 0.25) is 0 Å². The standard InChI is InChI=1S/C23H26N2O2.CH3F/c1-3-21(26)24-20-16-19(15-14-17-10-6-4-7-11-17)23(27-2)25-22(20)18-12-8-5-9-13-18;1-2/h3,5,8-9,12-17H,1,4,6-7,10-11H2,2H3,(H,24,26);1H3/b15-14+;. The fourth-order valence-corrected chi connectivity index (χ4v) is 3.46. The molecule has 1 N–H and O–H groups in total. The number of carbonyl (C=O) groups excluding carboxylic acids is 1. The number of hydrogen-bond donors (Lipinski definition) is 1. The molecule has 1 aromatic heterocycles. The summed E-state index contributed by atoms with van der Waals surface area (Å²) >= 11 is 0. The number of nitrogens with zero attached hydrogens (tertiary/aromatic N) is 1. The molecule has 0 unspecified atom stereocenters. The molecule has 1 aliphatic rings. The first-order valence-electron chi connectivity index (χ1n) is 9.85. The third-order valence-electron chi connectivity index (χ3n) is 4.90. The van der Waals surface area contributed by atoms with Gasteiger partial charge >= 0.3 is 0 Å². The van der Waals surface area contributed by atoms with Gasteiger partial charge in [0, 0.05) is 11.1 Å². The number of halogens is 1. The third-order valence-corrected chi connectivity index (χ3v) is 4.90. The van der Waals surface area contributed by atoms with Crippen LogP contribution in [0.4, 0.5) is 10.1 Å². The van der Waals surface area contributed by atoms with Crippen LogP contribution in [-0.2, 0) is 4.79 Å². The fraction of sp³-hybridized carbons (Fsp3) is 0.333. The molecule has 3 rings (SSSR count). The van der Waals surface area contributed by atoms with Crippen molar-refractivity contribution in [1.29, 1.82) is 0 Å². The summed E-state index contributed by atoms with van der Waals surface area (Å²) < 4.78 is 15.0. The number of allylic oxidation sites excluding steroid dienone is 1. The second-order valence-corrected chi connectivity index (χ2v) is 6.80. The lowest BCUT2D eigenvalue weighted by molar-refractivity contribution is -0.111. The molecule has 0 radical (unpaired) electrons. The summed E-state index contributed by atoms with van der Waals surface area (Å²) in [5, 5.41) is 2.88. The first kappa shape index (κ1) is 22.3. The lowest BCUT2D eigenvalue weighted by Gasteiger charge is -2.18. The van der Waals surface area contributed by atoms with Crippen molar-refractivity contribution in [3.05, 3.63) is 60.7 Å². The second-order valence-electron chi connectivity index (χ2n) is 6.80. The number of carbonyl (C=O) groups is 1. The molecule has 1 aliphatic carbocycles. The van der Waals surface area contributed by atoms with E-state index in [9.17, 15) is 9.18 Å². The number of benzene rings is 1. The molecular formula is C24H29FN2O2. The van der Waals surface area contributed by atoms with E-state index in [1.807, 2.05) is 36.4 Å². The van der Waals surface area contributed by atoms with Crippen molar-refractivity contribution in [3.8, 4) is 17.1 Å². The maximum Gasteiger partial charge on any atom is 0.247 e. The Labute approximate surface area is 172 Å². The normalized spacial score (nSPS) is 14.0. The molecule has 29 heavy (non-hydrogen) atoms. The van der Waals surface area contributed by atoms with Crippen LogP contribution in [0.1, 0.15) is 37.7 Å². The van der Waals surface area contributed by atoms with E-state index < -0.39 is 0 Å². The molecule has 0 aliphatic heterocycles. The number of pyridine rings is 1. The molecule has 1 fully saturated rings. The molecule has 0 saturated heterocycles. The van der Waals surface area contributed by atoms with Crippen molar-refractivity contribution in [2.45, 2.75) is 32.1 Å². The van der Waals surface area contributed by atoms with Gasteiger partial charge in [-0.3, -0.25) is 9.18 Å². The number of alkyl halides is 1. The monoisotopic (exact) mass is 396 g/mol. The fourth-order valence-electron chi connectivity index (χ4n) is 3.46. The van der Waals surface area contributed by atoms with Gasteiger partial charge in [0.2, 0.25) is 11.8 Å². The number of hydrogen-bond acceptors (Lipinski definition) is 3. The van der Waals surface area contributed by atoms with Gasteiger partial charge in [-0.25, -0.2) is 4.98 Å². The van der Waals surface area contributed by atoms with Gasteiger partial charge in [-0.2, -0.15) is 0 Å². The summed E-state index contributed by atoms with van der Waals surface area (Å²) in [6.45, 7) is 3.54. The summed E-state index contributed by atoms with van der Waals surface area (Å²) in [4.78, 5) is 16.6. The molecule has 1 heterocycles. The average Bonchev–Trinajstić information content (AvgIpc) is 2.80. The Hall–Kier alpha value is -2.95. The molecule has 1 aromatic carbocycles. The minimum absolute atomic E-state index is 0.263. The maximum absolute atomic E-state index is 11.9. The number of ether oxygens (including phenoxy) is 1. The predicted molar refractivity (Wildman–Crippen MR) is 118 cm³/mol. The average molecular weight is 397 g/mol. The van der Waals surface area contributed by atoms with Crippen LogP contribution in [-0.4, -0.2) is 25.2 Å². The molecule has 0 atom stereocenters. The summed E-state index contributed by atoms with van der Waals surface area (Å²) in [5.74, 6) is 0.891. The number of aromatic nitrogens is 1. The van der Waals surface area contributed by atoms with E-state index >= 15 is 0 Å². The van der Waals surface area contributed by atoms with Crippen LogP contribution in [0.15, 0.2) is 55.1 Å². The first-order chi connectivity index (χ1) is 14.2. The predicted octanol–water partition coefficient (Wildman–Crippen LogP) is 6.06. The van der Waals surface area contributed by atoms with Crippen molar-refractivity contribution < 1.29 is 13.9 Å². The van der Waals surface area contributed by atoms with Crippen LogP contribution in [0.5, 0.6) is 5.88 Å². The van der Waals surface area contributed by atoms with Crippen LogP contribution in [0.3, 0.4) is 0 Å². The molecular weight excluding hydrogens is 367 g/mol. The molecule has 154 valence electrons. The topological polar surface area (TPSA) is 51.2 Å². The minimum Gasteiger partial charge on any atom is -0.481 e. The molecule has 0 bridgehead atoms. The molecule has 2 aromatic rings.